The molecule has 0 atom stereocenters. The van der Waals surface area contributed by atoms with E-state index in [4.69, 9.17) is 18.9 Å². The monoisotopic (exact) mass is 372 g/mol. The maximum absolute atomic E-state index is 11.9. The third-order valence-electron chi connectivity index (χ3n) is 3.69. The number of nitrogens with one attached hydrogen (secondary N) is 1. The lowest BCUT2D eigenvalue weighted by Crippen LogP contribution is -2.24. The molecule has 0 aliphatic heterocycles. The van der Waals surface area contributed by atoms with E-state index in [-0.39, 0.29) is 12.5 Å². The van der Waals surface area contributed by atoms with Crippen LogP contribution in [-0.2, 0) is 4.79 Å². The van der Waals surface area contributed by atoms with Crippen molar-refractivity contribution in [2.45, 2.75) is 13.8 Å². The Kier molecular flexibility index (Phi) is 7.05. The van der Waals surface area contributed by atoms with Crippen LogP contribution in [-0.4, -0.2) is 40.1 Å². The van der Waals surface area contributed by atoms with Crippen molar-refractivity contribution in [2.24, 2.45) is 5.10 Å². The summed E-state index contributed by atoms with van der Waals surface area (Å²) in [7, 11) is 4.62. The van der Waals surface area contributed by atoms with E-state index in [1.165, 1.54) is 20.4 Å². The molecule has 0 aliphatic rings. The van der Waals surface area contributed by atoms with E-state index in [0.717, 1.165) is 11.1 Å². The van der Waals surface area contributed by atoms with Crippen LogP contribution < -0.4 is 24.4 Å². The molecule has 0 aliphatic carbocycles. The van der Waals surface area contributed by atoms with Gasteiger partial charge in [0.05, 0.1) is 27.5 Å². The first kappa shape index (κ1) is 20.1. The van der Waals surface area contributed by atoms with Gasteiger partial charge in [-0.2, -0.15) is 5.10 Å². The van der Waals surface area contributed by atoms with Gasteiger partial charge in [0.25, 0.3) is 5.91 Å². The number of amides is 1. The van der Waals surface area contributed by atoms with E-state index in [0.29, 0.717) is 28.6 Å². The van der Waals surface area contributed by atoms with E-state index in [9.17, 15) is 4.79 Å². The Hall–Kier alpha value is -3.22. The second-order valence-electron chi connectivity index (χ2n) is 5.85. The van der Waals surface area contributed by atoms with Crippen LogP contribution in [0.4, 0.5) is 0 Å². The first-order valence-corrected chi connectivity index (χ1v) is 8.29. The lowest BCUT2D eigenvalue weighted by molar-refractivity contribution is -0.123. The van der Waals surface area contributed by atoms with Crippen molar-refractivity contribution in [3.8, 4) is 23.0 Å². The average Bonchev–Trinajstić information content (AvgIpc) is 2.65. The van der Waals surface area contributed by atoms with Crippen LogP contribution in [0.2, 0.25) is 0 Å². The maximum atomic E-state index is 11.9. The van der Waals surface area contributed by atoms with Gasteiger partial charge in [-0.25, -0.2) is 5.43 Å². The maximum Gasteiger partial charge on any atom is 0.277 e. The zero-order valence-corrected chi connectivity index (χ0v) is 16.2. The fourth-order valence-electron chi connectivity index (χ4n) is 2.52. The van der Waals surface area contributed by atoms with Crippen LogP contribution >= 0.6 is 0 Å². The Labute approximate surface area is 158 Å². The number of rotatable bonds is 8. The normalized spacial score (nSPS) is 10.6. The highest BCUT2D eigenvalue weighted by atomic mass is 16.5. The molecule has 0 spiro atoms. The Morgan fingerprint density at radius 1 is 0.926 bits per heavy atom. The highest BCUT2D eigenvalue weighted by Gasteiger charge is 2.10. The summed E-state index contributed by atoms with van der Waals surface area (Å²) in [4.78, 5) is 11.9. The van der Waals surface area contributed by atoms with Gasteiger partial charge in [-0.15, -0.1) is 0 Å². The van der Waals surface area contributed by atoms with Crippen LogP contribution in [0.5, 0.6) is 23.0 Å². The van der Waals surface area contributed by atoms with Crippen molar-refractivity contribution >= 4 is 12.1 Å². The third kappa shape index (κ3) is 5.64. The smallest absolute Gasteiger partial charge is 0.277 e. The number of hydrogen-bond donors (Lipinski definition) is 1. The lowest BCUT2D eigenvalue weighted by atomic mass is 10.1. The molecule has 0 saturated heterocycles. The molecule has 0 heterocycles. The standard InChI is InChI=1S/C20H24N2O5/c1-13-6-14(2)8-16(7-13)27-12-20(23)22-21-11-15-9-18(25-4)19(26-5)10-17(15)24-3/h6-11H,12H2,1-5H3,(H,22,23). The Morgan fingerprint density at radius 3 is 2.11 bits per heavy atom. The average molecular weight is 372 g/mol. The predicted octanol–water partition coefficient (Wildman–Crippen LogP) is 2.86. The summed E-state index contributed by atoms with van der Waals surface area (Å²) < 4.78 is 21.3. The van der Waals surface area contributed by atoms with E-state index in [1.807, 2.05) is 32.0 Å². The Balaban J connectivity index is 1.99. The van der Waals surface area contributed by atoms with Crippen LogP contribution in [0.15, 0.2) is 35.4 Å². The lowest BCUT2D eigenvalue weighted by Gasteiger charge is -2.11. The van der Waals surface area contributed by atoms with E-state index >= 15 is 0 Å². The number of ether oxygens (including phenoxy) is 4. The van der Waals surface area contributed by atoms with Crippen molar-refractivity contribution in [3.63, 3.8) is 0 Å². The summed E-state index contributed by atoms with van der Waals surface area (Å²) in [6.45, 7) is 3.81. The van der Waals surface area contributed by atoms with Crippen LogP contribution in [0, 0.1) is 13.8 Å². The van der Waals surface area contributed by atoms with Gasteiger partial charge in [0.1, 0.15) is 11.5 Å². The van der Waals surface area contributed by atoms with Crippen molar-refractivity contribution < 1.29 is 23.7 Å². The van der Waals surface area contributed by atoms with Gasteiger partial charge in [-0.1, -0.05) is 6.07 Å². The van der Waals surface area contributed by atoms with Gasteiger partial charge in [0.2, 0.25) is 0 Å². The second kappa shape index (κ2) is 9.47. The van der Waals surface area contributed by atoms with Crippen molar-refractivity contribution in [2.75, 3.05) is 27.9 Å². The minimum Gasteiger partial charge on any atom is -0.496 e. The van der Waals surface area contributed by atoms with Crippen LogP contribution in [0.25, 0.3) is 0 Å². The van der Waals surface area contributed by atoms with E-state index in [1.54, 1.807) is 19.2 Å². The summed E-state index contributed by atoms with van der Waals surface area (Å²) in [5.74, 6) is 1.89. The second-order valence-corrected chi connectivity index (χ2v) is 5.85. The summed E-state index contributed by atoms with van der Waals surface area (Å²) >= 11 is 0. The molecule has 0 fully saturated rings. The van der Waals surface area contributed by atoms with E-state index in [2.05, 4.69) is 10.5 Å². The number of aryl methyl sites for hydroxylation is 2. The molecular formula is C20H24N2O5. The topological polar surface area (TPSA) is 78.4 Å². The number of benzene rings is 2. The molecule has 7 nitrogen and oxygen atoms in total. The number of methoxy groups -OCH3 is 3. The fourth-order valence-corrected chi connectivity index (χ4v) is 2.52. The molecule has 0 radical (unpaired) electrons. The molecule has 1 amide bonds. The van der Waals surface area contributed by atoms with Crippen molar-refractivity contribution in [1.29, 1.82) is 0 Å². The minimum atomic E-state index is -0.371. The molecule has 0 unspecified atom stereocenters. The summed E-state index contributed by atoms with van der Waals surface area (Å²) in [6, 6.07) is 9.17. The highest BCUT2D eigenvalue weighted by molar-refractivity contribution is 5.86. The van der Waals surface area contributed by atoms with Crippen molar-refractivity contribution in [1.82, 2.24) is 5.43 Å². The van der Waals surface area contributed by atoms with E-state index < -0.39 is 0 Å². The van der Waals surface area contributed by atoms with Gasteiger partial charge in [-0.05, 0) is 43.2 Å². The number of carbonyl (C=O) groups is 1. The zero-order chi connectivity index (χ0) is 19.8. The van der Waals surface area contributed by atoms with Gasteiger partial charge < -0.3 is 18.9 Å². The fraction of sp³-hybridized carbons (Fsp3) is 0.300. The molecule has 0 saturated carbocycles. The molecule has 2 aromatic rings. The van der Waals surface area contributed by atoms with Crippen LogP contribution in [0.3, 0.4) is 0 Å². The molecule has 1 N–H and O–H groups in total. The highest BCUT2D eigenvalue weighted by Crippen LogP contribution is 2.33. The van der Waals surface area contributed by atoms with Gasteiger partial charge in [0.15, 0.2) is 18.1 Å². The summed E-state index contributed by atoms with van der Waals surface area (Å²) in [6.07, 6.45) is 1.47. The first-order valence-electron chi connectivity index (χ1n) is 8.29. The van der Waals surface area contributed by atoms with Gasteiger partial charge in [-0.3, -0.25) is 4.79 Å². The van der Waals surface area contributed by atoms with Crippen molar-refractivity contribution in [3.05, 3.63) is 47.0 Å². The number of carbonyl (C=O) groups excluding carboxylic acids is 1. The Morgan fingerprint density at radius 2 is 1.52 bits per heavy atom. The summed E-state index contributed by atoms with van der Waals surface area (Å²) in [5.41, 5.74) is 5.20. The largest absolute Gasteiger partial charge is 0.496 e. The molecule has 0 aromatic heterocycles. The summed E-state index contributed by atoms with van der Waals surface area (Å²) in [5, 5.41) is 3.95. The number of hydrazone groups is 1. The van der Waals surface area contributed by atoms with Crippen LogP contribution in [0.1, 0.15) is 16.7 Å². The number of nitrogens with zero attached hydrogens (tertiary/aromatic N) is 1. The third-order valence-corrected chi connectivity index (χ3v) is 3.69. The van der Waals surface area contributed by atoms with Gasteiger partial charge >= 0.3 is 0 Å². The molecule has 2 aromatic carbocycles. The Bertz CT molecular complexity index is 813. The molecule has 144 valence electrons. The number of hydrogen-bond acceptors (Lipinski definition) is 6. The molecule has 27 heavy (non-hydrogen) atoms. The molecule has 0 bridgehead atoms. The van der Waals surface area contributed by atoms with Gasteiger partial charge in [0, 0.05) is 11.6 Å². The SMILES string of the molecule is COc1cc(OC)c(OC)cc1C=NNC(=O)COc1cc(C)cc(C)c1. The minimum absolute atomic E-state index is 0.136. The molecule has 2 rings (SSSR count). The molecular weight excluding hydrogens is 348 g/mol. The quantitative estimate of drug-likeness (QED) is 0.569. The first-order chi connectivity index (χ1) is 13.0. The zero-order valence-electron chi connectivity index (χ0n) is 16.2. The predicted molar refractivity (Wildman–Crippen MR) is 103 cm³/mol. The molecule has 7 heteroatoms.